The molecule has 0 unspecified atom stereocenters. The van der Waals surface area contributed by atoms with Gasteiger partial charge in [0.05, 0.1) is 12.2 Å². The number of amides is 1. The molecule has 2 aromatic rings. The molecule has 0 aromatic heterocycles. The minimum absolute atomic E-state index is 0.133. The van der Waals surface area contributed by atoms with E-state index in [1.165, 1.54) is 12.1 Å². The van der Waals surface area contributed by atoms with E-state index in [0.29, 0.717) is 29.5 Å². The highest BCUT2D eigenvalue weighted by atomic mass is 16.5. The average molecular weight is 327 g/mol. The minimum Gasteiger partial charge on any atom is -0.493 e. The third-order valence-electron chi connectivity index (χ3n) is 3.43. The SMILES string of the molecule is Cc1ccc(C(=O)O)cc1NC(=O)c1ccc(OCC(C)C)cc1. The maximum Gasteiger partial charge on any atom is 0.335 e. The molecule has 0 aliphatic heterocycles. The lowest BCUT2D eigenvalue weighted by Gasteiger charge is -2.11. The summed E-state index contributed by atoms with van der Waals surface area (Å²) >= 11 is 0. The molecule has 0 fully saturated rings. The number of carbonyl (C=O) groups excluding carboxylic acids is 1. The molecule has 0 radical (unpaired) electrons. The summed E-state index contributed by atoms with van der Waals surface area (Å²) in [5.74, 6) is -0.185. The summed E-state index contributed by atoms with van der Waals surface area (Å²) in [6.07, 6.45) is 0. The fourth-order valence-corrected chi connectivity index (χ4v) is 2.05. The van der Waals surface area contributed by atoms with E-state index in [1.807, 2.05) is 6.92 Å². The number of benzene rings is 2. The Balaban J connectivity index is 2.09. The van der Waals surface area contributed by atoms with Crippen LogP contribution < -0.4 is 10.1 Å². The van der Waals surface area contributed by atoms with Crippen LogP contribution in [0.2, 0.25) is 0 Å². The van der Waals surface area contributed by atoms with E-state index in [0.717, 1.165) is 5.56 Å². The molecule has 0 spiro atoms. The maximum absolute atomic E-state index is 12.3. The second-order valence-electron chi connectivity index (χ2n) is 6.02. The molecule has 0 bridgehead atoms. The lowest BCUT2D eigenvalue weighted by molar-refractivity contribution is 0.0696. The number of ether oxygens (including phenoxy) is 1. The van der Waals surface area contributed by atoms with Gasteiger partial charge in [-0.2, -0.15) is 0 Å². The predicted molar refractivity (Wildman–Crippen MR) is 92.9 cm³/mol. The van der Waals surface area contributed by atoms with Crippen molar-refractivity contribution < 1.29 is 19.4 Å². The molecule has 2 rings (SSSR count). The molecule has 5 heteroatoms. The van der Waals surface area contributed by atoms with Crippen molar-refractivity contribution in [1.29, 1.82) is 0 Å². The number of carboxylic acid groups (broad SMARTS) is 1. The Bertz CT molecular complexity index is 736. The van der Waals surface area contributed by atoms with Gasteiger partial charge in [0.2, 0.25) is 0 Å². The molecular weight excluding hydrogens is 306 g/mol. The highest BCUT2D eigenvalue weighted by molar-refractivity contribution is 6.05. The minimum atomic E-state index is -1.03. The summed E-state index contributed by atoms with van der Waals surface area (Å²) in [6.45, 7) is 6.56. The van der Waals surface area contributed by atoms with Gasteiger partial charge in [-0.05, 0) is 54.8 Å². The van der Waals surface area contributed by atoms with Crippen LogP contribution in [0.3, 0.4) is 0 Å². The van der Waals surface area contributed by atoms with E-state index >= 15 is 0 Å². The molecule has 1 amide bonds. The Morgan fingerprint density at radius 1 is 1.08 bits per heavy atom. The third-order valence-corrected chi connectivity index (χ3v) is 3.43. The van der Waals surface area contributed by atoms with Crippen LogP contribution in [-0.2, 0) is 0 Å². The zero-order valence-electron chi connectivity index (χ0n) is 14.0. The molecule has 2 aromatic carbocycles. The molecule has 0 saturated heterocycles. The first kappa shape index (κ1) is 17.5. The van der Waals surface area contributed by atoms with Crippen molar-refractivity contribution in [3.05, 3.63) is 59.2 Å². The summed E-state index contributed by atoms with van der Waals surface area (Å²) in [6, 6.07) is 11.5. The topological polar surface area (TPSA) is 75.6 Å². The highest BCUT2D eigenvalue weighted by Crippen LogP contribution is 2.19. The fraction of sp³-hybridized carbons (Fsp3) is 0.263. The van der Waals surface area contributed by atoms with Crippen LogP contribution in [-0.4, -0.2) is 23.6 Å². The summed E-state index contributed by atoms with van der Waals surface area (Å²) in [5.41, 5.74) is 1.89. The quantitative estimate of drug-likeness (QED) is 0.841. The number of rotatable bonds is 6. The van der Waals surface area contributed by atoms with Crippen LogP contribution in [0, 0.1) is 12.8 Å². The monoisotopic (exact) mass is 327 g/mol. The number of aryl methyl sites for hydroxylation is 1. The van der Waals surface area contributed by atoms with Crippen LogP contribution in [0.15, 0.2) is 42.5 Å². The molecule has 0 aliphatic rings. The van der Waals surface area contributed by atoms with Crippen molar-refractivity contribution in [3.63, 3.8) is 0 Å². The largest absolute Gasteiger partial charge is 0.493 e. The van der Waals surface area contributed by atoms with E-state index in [9.17, 15) is 9.59 Å². The first-order valence-electron chi connectivity index (χ1n) is 7.75. The van der Waals surface area contributed by atoms with Crippen LogP contribution in [0.4, 0.5) is 5.69 Å². The average Bonchev–Trinajstić information content (AvgIpc) is 2.55. The fourth-order valence-electron chi connectivity index (χ4n) is 2.05. The summed E-state index contributed by atoms with van der Waals surface area (Å²) in [4.78, 5) is 23.4. The maximum atomic E-state index is 12.3. The Hall–Kier alpha value is -2.82. The van der Waals surface area contributed by atoms with Crippen molar-refractivity contribution in [2.24, 2.45) is 5.92 Å². The normalized spacial score (nSPS) is 10.5. The number of carbonyl (C=O) groups is 2. The van der Waals surface area contributed by atoms with E-state index in [2.05, 4.69) is 19.2 Å². The molecule has 0 atom stereocenters. The zero-order chi connectivity index (χ0) is 17.7. The Kier molecular flexibility index (Phi) is 5.58. The van der Waals surface area contributed by atoms with Gasteiger partial charge >= 0.3 is 5.97 Å². The molecule has 0 aliphatic carbocycles. The molecule has 0 heterocycles. The highest BCUT2D eigenvalue weighted by Gasteiger charge is 2.11. The number of nitrogens with one attached hydrogen (secondary N) is 1. The molecule has 2 N–H and O–H groups in total. The number of aromatic carboxylic acids is 1. The van der Waals surface area contributed by atoms with Gasteiger partial charge in [-0.3, -0.25) is 4.79 Å². The zero-order valence-corrected chi connectivity index (χ0v) is 14.0. The number of hydrogen-bond donors (Lipinski definition) is 2. The number of carboxylic acids is 1. The van der Waals surface area contributed by atoms with Crippen molar-refractivity contribution in [3.8, 4) is 5.75 Å². The predicted octanol–water partition coefficient (Wildman–Crippen LogP) is 3.98. The molecule has 5 nitrogen and oxygen atoms in total. The van der Waals surface area contributed by atoms with Crippen molar-refractivity contribution in [2.75, 3.05) is 11.9 Å². The second kappa shape index (κ2) is 7.64. The number of hydrogen-bond acceptors (Lipinski definition) is 3. The van der Waals surface area contributed by atoms with Gasteiger partial charge in [-0.1, -0.05) is 19.9 Å². The molecule has 0 saturated carbocycles. The third kappa shape index (κ3) is 4.59. The van der Waals surface area contributed by atoms with E-state index < -0.39 is 5.97 Å². The lowest BCUT2D eigenvalue weighted by Crippen LogP contribution is -2.13. The number of anilines is 1. The van der Waals surface area contributed by atoms with Crippen LogP contribution >= 0.6 is 0 Å². The van der Waals surface area contributed by atoms with Gasteiger partial charge in [-0.25, -0.2) is 4.79 Å². The van der Waals surface area contributed by atoms with Crippen molar-refractivity contribution in [2.45, 2.75) is 20.8 Å². The van der Waals surface area contributed by atoms with Gasteiger partial charge in [0.1, 0.15) is 5.75 Å². The summed E-state index contributed by atoms with van der Waals surface area (Å²) in [7, 11) is 0. The molecule has 24 heavy (non-hydrogen) atoms. The van der Waals surface area contributed by atoms with Crippen LogP contribution in [0.1, 0.15) is 40.1 Å². The summed E-state index contributed by atoms with van der Waals surface area (Å²) in [5, 5.41) is 11.8. The van der Waals surface area contributed by atoms with Gasteiger partial charge in [0, 0.05) is 11.3 Å². The van der Waals surface area contributed by atoms with Crippen LogP contribution in [0.25, 0.3) is 0 Å². The van der Waals surface area contributed by atoms with Gasteiger partial charge in [0.25, 0.3) is 5.91 Å². The molecular formula is C19H21NO4. The van der Waals surface area contributed by atoms with Gasteiger partial charge < -0.3 is 15.2 Å². The molecule has 126 valence electrons. The van der Waals surface area contributed by atoms with Gasteiger partial charge in [-0.15, -0.1) is 0 Å². The van der Waals surface area contributed by atoms with Crippen LogP contribution in [0.5, 0.6) is 5.75 Å². The van der Waals surface area contributed by atoms with Crippen molar-refractivity contribution in [1.82, 2.24) is 0 Å². The Labute approximate surface area is 141 Å². The van der Waals surface area contributed by atoms with E-state index in [-0.39, 0.29) is 11.5 Å². The second-order valence-corrected chi connectivity index (χ2v) is 6.02. The Morgan fingerprint density at radius 3 is 2.29 bits per heavy atom. The van der Waals surface area contributed by atoms with Gasteiger partial charge in [0.15, 0.2) is 0 Å². The lowest BCUT2D eigenvalue weighted by atomic mass is 10.1. The first-order chi connectivity index (χ1) is 11.4. The smallest absolute Gasteiger partial charge is 0.335 e. The standard InChI is InChI=1S/C19H21NO4/c1-12(2)11-24-16-8-6-14(7-9-16)18(21)20-17-10-15(19(22)23)5-4-13(17)3/h4-10,12H,11H2,1-3H3,(H,20,21)(H,22,23). The Morgan fingerprint density at radius 2 is 1.71 bits per heavy atom. The van der Waals surface area contributed by atoms with Crippen molar-refractivity contribution >= 4 is 17.6 Å². The first-order valence-corrected chi connectivity index (χ1v) is 7.75. The summed E-state index contributed by atoms with van der Waals surface area (Å²) < 4.78 is 5.58. The van der Waals surface area contributed by atoms with E-state index in [1.54, 1.807) is 30.3 Å². The van der Waals surface area contributed by atoms with E-state index in [4.69, 9.17) is 9.84 Å².